The van der Waals surface area contributed by atoms with Crippen molar-refractivity contribution in [1.82, 2.24) is 14.5 Å². The standard InChI is InChI=1S/C19H20N4O/c1-12(24)19-22-17-11-21-16-5-3-2-4-15(16)18(17)23(19)14-7-6-13(10-14)8-9-20/h2-5,11-14,24H,6-8,10H2,1H3/t12-,13+,14+/m1/s1. The summed E-state index contributed by atoms with van der Waals surface area (Å²) in [6, 6.07) is 10.6. The van der Waals surface area contributed by atoms with Crippen LogP contribution in [0.3, 0.4) is 0 Å². The number of hydrogen-bond donors (Lipinski definition) is 1. The molecule has 2 aromatic heterocycles. The number of aromatic nitrogens is 3. The highest BCUT2D eigenvalue weighted by Gasteiger charge is 2.30. The number of rotatable bonds is 3. The minimum absolute atomic E-state index is 0.281. The van der Waals surface area contributed by atoms with E-state index < -0.39 is 6.10 Å². The van der Waals surface area contributed by atoms with Gasteiger partial charge in [-0.1, -0.05) is 18.2 Å². The highest BCUT2D eigenvalue weighted by Crippen LogP contribution is 2.40. The van der Waals surface area contributed by atoms with Crippen LogP contribution in [0.2, 0.25) is 0 Å². The number of aliphatic hydroxyl groups is 1. The molecule has 0 bridgehead atoms. The van der Waals surface area contributed by atoms with Gasteiger partial charge in [0.05, 0.1) is 23.3 Å². The molecule has 5 nitrogen and oxygen atoms in total. The summed E-state index contributed by atoms with van der Waals surface area (Å²) >= 11 is 0. The highest BCUT2D eigenvalue weighted by molar-refractivity contribution is 6.02. The summed E-state index contributed by atoms with van der Waals surface area (Å²) in [7, 11) is 0. The van der Waals surface area contributed by atoms with Gasteiger partial charge in [-0.15, -0.1) is 0 Å². The average Bonchev–Trinajstić information content (AvgIpc) is 3.19. The molecule has 4 rings (SSSR count). The molecule has 0 unspecified atom stereocenters. The van der Waals surface area contributed by atoms with E-state index in [2.05, 4.69) is 26.7 Å². The molecule has 122 valence electrons. The molecule has 3 aromatic rings. The van der Waals surface area contributed by atoms with Crippen LogP contribution in [0.5, 0.6) is 0 Å². The number of aliphatic hydroxyl groups excluding tert-OH is 1. The number of hydrogen-bond acceptors (Lipinski definition) is 4. The van der Waals surface area contributed by atoms with Gasteiger partial charge in [-0.05, 0) is 38.2 Å². The van der Waals surface area contributed by atoms with Crippen molar-refractivity contribution in [1.29, 1.82) is 5.26 Å². The third kappa shape index (κ3) is 2.35. The van der Waals surface area contributed by atoms with E-state index in [9.17, 15) is 5.11 Å². The lowest BCUT2D eigenvalue weighted by Crippen LogP contribution is -2.12. The number of pyridine rings is 1. The number of nitrogens with zero attached hydrogens (tertiary/aromatic N) is 4. The second-order valence-corrected chi connectivity index (χ2v) is 6.72. The van der Waals surface area contributed by atoms with Crippen LogP contribution in [0.4, 0.5) is 0 Å². The second-order valence-electron chi connectivity index (χ2n) is 6.72. The van der Waals surface area contributed by atoms with Crippen LogP contribution >= 0.6 is 0 Å². The normalized spacial score (nSPS) is 22.0. The molecule has 0 amide bonds. The van der Waals surface area contributed by atoms with E-state index in [-0.39, 0.29) is 6.04 Å². The maximum atomic E-state index is 10.3. The fraction of sp³-hybridized carbons (Fsp3) is 0.421. The molecule has 24 heavy (non-hydrogen) atoms. The number of imidazole rings is 1. The quantitative estimate of drug-likeness (QED) is 0.794. The van der Waals surface area contributed by atoms with E-state index in [1.807, 2.05) is 18.2 Å². The maximum Gasteiger partial charge on any atom is 0.138 e. The second kappa shape index (κ2) is 5.88. The SMILES string of the molecule is C[C@@H](O)c1nc2cnc3ccccc3c2n1[C@H]1CC[C@@H](CC#N)C1. The Morgan fingerprint density at radius 2 is 2.17 bits per heavy atom. The Hall–Kier alpha value is -2.45. The Labute approximate surface area is 140 Å². The van der Waals surface area contributed by atoms with Crippen molar-refractivity contribution in [2.75, 3.05) is 0 Å². The van der Waals surface area contributed by atoms with Gasteiger partial charge in [0.1, 0.15) is 17.4 Å². The van der Waals surface area contributed by atoms with Crippen LogP contribution in [0.25, 0.3) is 21.9 Å². The minimum Gasteiger partial charge on any atom is -0.385 e. The van der Waals surface area contributed by atoms with Crippen LogP contribution in [-0.4, -0.2) is 19.6 Å². The summed E-state index contributed by atoms with van der Waals surface area (Å²) < 4.78 is 2.21. The largest absolute Gasteiger partial charge is 0.385 e. The lowest BCUT2D eigenvalue weighted by Gasteiger charge is -2.19. The maximum absolute atomic E-state index is 10.3. The molecule has 1 aliphatic carbocycles. The smallest absolute Gasteiger partial charge is 0.138 e. The first-order chi connectivity index (χ1) is 11.7. The van der Waals surface area contributed by atoms with Crippen molar-refractivity contribution in [2.45, 2.75) is 44.8 Å². The first kappa shape index (κ1) is 15.1. The zero-order valence-corrected chi connectivity index (χ0v) is 13.7. The molecule has 1 saturated carbocycles. The predicted octanol–water partition coefficient (Wildman–Crippen LogP) is 3.89. The van der Waals surface area contributed by atoms with Gasteiger partial charge in [-0.25, -0.2) is 4.98 Å². The summed E-state index contributed by atoms with van der Waals surface area (Å²) in [6.07, 6.45) is 4.81. The third-order valence-electron chi connectivity index (χ3n) is 5.08. The molecule has 1 fully saturated rings. The first-order valence-corrected chi connectivity index (χ1v) is 8.49. The van der Waals surface area contributed by atoms with Gasteiger partial charge in [0.25, 0.3) is 0 Å². The third-order valence-corrected chi connectivity index (χ3v) is 5.08. The Bertz CT molecular complexity index is 938. The van der Waals surface area contributed by atoms with E-state index in [0.717, 1.165) is 41.2 Å². The highest BCUT2D eigenvalue weighted by atomic mass is 16.3. The Morgan fingerprint density at radius 1 is 1.33 bits per heavy atom. The van der Waals surface area contributed by atoms with Crippen molar-refractivity contribution in [3.8, 4) is 6.07 Å². The van der Waals surface area contributed by atoms with Gasteiger partial charge < -0.3 is 9.67 Å². The van der Waals surface area contributed by atoms with Gasteiger partial charge in [0, 0.05) is 17.8 Å². The van der Waals surface area contributed by atoms with Gasteiger partial charge in [0.2, 0.25) is 0 Å². The van der Waals surface area contributed by atoms with Crippen LogP contribution in [0.15, 0.2) is 30.5 Å². The molecule has 5 heteroatoms. The summed E-state index contributed by atoms with van der Waals surface area (Å²) in [5.41, 5.74) is 2.82. The lowest BCUT2D eigenvalue weighted by molar-refractivity contribution is 0.181. The van der Waals surface area contributed by atoms with E-state index >= 15 is 0 Å². The van der Waals surface area contributed by atoms with E-state index in [0.29, 0.717) is 18.2 Å². The Morgan fingerprint density at radius 3 is 2.96 bits per heavy atom. The van der Waals surface area contributed by atoms with Crippen molar-refractivity contribution in [3.05, 3.63) is 36.3 Å². The fourth-order valence-electron chi connectivity index (χ4n) is 4.00. The molecule has 0 radical (unpaired) electrons. The molecule has 0 aliphatic heterocycles. The molecule has 0 saturated heterocycles. The minimum atomic E-state index is -0.633. The molecule has 3 atom stereocenters. The Kier molecular flexibility index (Phi) is 3.70. The predicted molar refractivity (Wildman–Crippen MR) is 92.3 cm³/mol. The van der Waals surface area contributed by atoms with Gasteiger partial charge in [0.15, 0.2) is 0 Å². The topological polar surface area (TPSA) is 74.7 Å². The monoisotopic (exact) mass is 320 g/mol. The summed E-state index contributed by atoms with van der Waals surface area (Å²) in [6.45, 7) is 1.76. The molecule has 2 heterocycles. The number of benzene rings is 1. The number of para-hydroxylation sites is 1. The van der Waals surface area contributed by atoms with Crippen LogP contribution in [-0.2, 0) is 0 Å². The van der Waals surface area contributed by atoms with Crippen LogP contribution in [0, 0.1) is 17.2 Å². The van der Waals surface area contributed by atoms with Gasteiger partial charge >= 0.3 is 0 Å². The summed E-state index contributed by atoms with van der Waals surface area (Å²) in [4.78, 5) is 9.16. The first-order valence-electron chi connectivity index (χ1n) is 8.49. The molecule has 1 aliphatic rings. The van der Waals surface area contributed by atoms with Crippen LogP contribution in [0.1, 0.15) is 50.6 Å². The fourth-order valence-corrected chi connectivity index (χ4v) is 4.00. The lowest BCUT2D eigenvalue weighted by atomic mass is 10.0. The van der Waals surface area contributed by atoms with Crippen molar-refractivity contribution in [3.63, 3.8) is 0 Å². The summed E-state index contributed by atoms with van der Waals surface area (Å²) in [5, 5.41) is 20.3. The zero-order chi connectivity index (χ0) is 16.7. The average molecular weight is 320 g/mol. The molecular formula is C19H20N4O. The number of nitriles is 1. The van der Waals surface area contributed by atoms with E-state index in [1.54, 1.807) is 13.1 Å². The molecule has 1 aromatic carbocycles. The molecule has 0 spiro atoms. The molecular weight excluding hydrogens is 300 g/mol. The van der Waals surface area contributed by atoms with Gasteiger partial charge in [-0.3, -0.25) is 4.98 Å². The van der Waals surface area contributed by atoms with Crippen molar-refractivity contribution < 1.29 is 5.11 Å². The van der Waals surface area contributed by atoms with Gasteiger partial charge in [-0.2, -0.15) is 5.26 Å². The number of fused-ring (bicyclic) bond motifs is 3. The zero-order valence-electron chi connectivity index (χ0n) is 13.7. The summed E-state index contributed by atoms with van der Waals surface area (Å²) in [5.74, 6) is 1.14. The van der Waals surface area contributed by atoms with Crippen molar-refractivity contribution in [2.24, 2.45) is 5.92 Å². The molecule has 1 N–H and O–H groups in total. The van der Waals surface area contributed by atoms with Crippen LogP contribution < -0.4 is 0 Å². The Balaban J connectivity index is 1.93. The van der Waals surface area contributed by atoms with E-state index in [4.69, 9.17) is 5.26 Å². The van der Waals surface area contributed by atoms with Crippen molar-refractivity contribution >= 4 is 21.9 Å². The van der Waals surface area contributed by atoms with E-state index in [1.165, 1.54) is 0 Å².